The third kappa shape index (κ3) is 1.95. The van der Waals surface area contributed by atoms with Crippen molar-refractivity contribution >= 4 is 23.4 Å². The van der Waals surface area contributed by atoms with Crippen molar-refractivity contribution < 1.29 is 9.53 Å². The summed E-state index contributed by atoms with van der Waals surface area (Å²) < 4.78 is 5.03. The summed E-state index contributed by atoms with van der Waals surface area (Å²) in [6, 6.07) is 0. The van der Waals surface area contributed by atoms with E-state index in [2.05, 4.69) is 11.6 Å². The number of carbonyl (C=O) groups is 1. The Morgan fingerprint density at radius 2 is 2.54 bits per heavy atom. The normalized spacial score (nSPS) is 15.4. The molecule has 3 nitrogen and oxygen atoms in total. The lowest BCUT2D eigenvalue weighted by molar-refractivity contribution is -0.136. The molecule has 0 radical (unpaired) electrons. The van der Waals surface area contributed by atoms with E-state index < -0.39 is 0 Å². The molecule has 0 aliphatic heterocycles. The van der Waals surface area contributed by atoms with Crippen LogP contribution < -0.4 is 4.74 Å². The number of ether oxygens (including phenoxy) is 1. The molecule has 1 aromatic rings. The van der Waals surface area contributed by atoms with Gasteiger partial charge in [0.2, 0.25) is 5.88 Å². The van der Waals surface area contributed by atoms with Gasteiger partial charge in [0.05, 0.1) is 11.3 Å². The van der Waals surface area contributed by atoms with Gasteiger partial charge in [-0.3, -0.25) is 4.79 Å². The van der Waals surface area contributed by atoms with Crippen molar-refractivity contribution in [3.63, 3.8) is 0 Å². The average molecular weight is 195 g/mol. The predicted molar refractivity (Wildman–Crippen MR) is 50.6 cm³/mol. The smallest absolute Gasteiger partial charge is 0.315 e. The first kappa shape index (κ1) is 8.44. The molecular weight excluding hydrogens is 186 g/mol. The number of esters is 1. The molecule has 0 unspecified atom stereocenters. The lowest BCUT2D eigenvalue weighted by Crippen LogP contribution is -2.09. The van der Waals surface area contributed by atoms with Crippen LogP contribution in [0.1, 0.15) is 17.8 Å². The topological polar surface area (TPSA) is 39.2 Å². The lowest BCUT2D eigenvalue weighted by atomic mass is 10.4. The molecule has 1 saturated carbocycles. The summed E-state index contributed by atoms with van der Waals surface area (Å²) in [4.78, 5) is 15.2. The number of thiazole rings is 1. The first-order chi connectivity index (χ1) is 6.29. The van der Waals surface area contributed by atoms with Gasteiger partial charge < -0.3 is 4.74 Å². The molecule has 0 N–H and O–H groups in total. The second kappa shape index (κ2) is 3.30. The minimum atomic E-state index is -0.152. The van der Waals surface area contributed by atoms with Crippen LogP contribution in [0.15, 0.2) is 12.0 Å². The summed E-state index contributed by atoms with van der Waals surface area (Å²) in [5.41, 5.74) is 0. The fourth-order valence-electron chi connectivity index (χ4n) is 0.918. The molecular formula is C9H9NO2S. The van der Waals surface area contributed by atoms with Crippen molar-refractivity contribution in [3.05, 3.63) is 17.0 Å². The zero-order valence-electron chi connectivity index (χ0n) is 7.03. The summed E-state index contributed by atoms with van der Waals surface area (Å²) in [5.74, 6) is 0.367. The minimum absolute atomic E-state index is 0.119. The molecule has 1 fully saturated rings. The fourth-order valence-corrected chi connectivity index (χ4v) is 1.48. The Bertz CT molecular complexity index is 341. The van der Waals surface area contributed by atoms with E-state index in [0.717, 1.165) is 17.8 Å². The highest BCUT2D eigenvalue weighted by molar-refractivity contribution is 7.10. The molecule has 2 rings (SSSR count). The fraction of sp³-hybridized carbons (Fsp3) is 0.333. The summed E-state index contributed by atoms with van der Waals surface area (Å²) in [5, 5.41) is 2.50. The Morgan fingerprint density at radius 3 is 3.08 bits per heavy atom. The first-order valence-corrected chi connectivity index (χ1v) is 4.97. The number of hydrogen-bond donors (Lipinski definition) is 0. The van der Waals surface area contributed by atoms with Crippen LogP contribution in [0.3, 0.4) is 0 Å². The number of nitrogens with zero attached hydrogens (tertiary/aromatic N) is 1. The zero-order valence-corrected chi connectivity index (χ0v) is 7.84. The van der Waals surface area contributed by atoms with Crippen LogP contribution in [0.5, 0.6) is 5.88 Å². The molecule has 0 spiro atoms. The van der Waals surface area contributed by atoms with E-state index in [0.29, 0.717) is 5.88 Å². The van der Waals surface area contributed by atoms with Crippen molar-refractivity contribution in [2.45, 2.75) is 12.8 Å². The average Bonchev–Trinajstić information content (AvgIpc) is 2.88. The highest BCUT2D eigenvalue weighted by Crippen LogP contribution is 2.31. The number of hydrogen-bond acceptors (Lipinski definition) is 4. The van der Waals surface area contributed by atoms with Crippen LogP contribution in [0, 0.1) is 5.92 Å². The van der Waals surface area contributed by atoms with Crippen LogP contribution in [0.25, 0.3) is 6.08 Å². The molecule has 4 heteroatoms. The van der Waals surface area contributed by atoms with Gasteiger partial charge in [0.1, 0.15) is 5.01 Å². The molecule has 1 aliphatic rings. The lowest BCUT2D eigenvalue weighted by Gasteiger charge is -1.96. The van der Waals surface area contributed by atoms with Crippen LogP contribution in [0.4, 0.5) is 0 Å². The summed E-state index contributed by atoms with van der Waals surface area (Å²) in [7, 11) is 0. The second-order valence-corrected chi connectivity index (χ2v) is 3.81. The standard InChI is InChI=1S/C9H9NO2S/c1-2-8-10-7(5-13-8)12-9(11)6-3-4-6/h2,5-6H,1,3-4H2. The SMILES string of the molecule is C=Cc1nc(OC(=O)C2CC2)cs1. The minimum Gasteiger partial charge on any atom is -0.406 e. The van der Waals surface area contributed by atoms with E-state index in [9.17, 15) is 4.79 Å². The maximum absolute atomic E-state index is 11.2. The largest absolute Gasteiger partial charge is 0.406 e. The van der Waals surface area contributed by atoms with Crippen LogP contribution in [-0.4, -0.2) is 11.0 Å². The van der Waals surface area contributed by atoms with E-state index in [1.54, 1.807) is 11.5 Å². The maximum Gasteiger partial charge on any atom is 0.315 e. The molecule has 0 aromatic carbocycles. The van der Waals surface area contributed by atoms with E-state index in [-0.39, 0.29) is 11.9 Å². The van der Waals surface area contributed by atoms with Gasteiger partial charge in [0.15, 0.2) is 0 Å². The summed E-state index contributed by atoms with van der Waals surface area (Å²) >= 11 is 1.42. The molecule has 68 valence electrons. The van der Waals surface area contributed by atoms with Crippen LogP contribution >= 0.6 is 11.3 Å². The molecule has 1 aromatic heterocycles. The van der Waals surface area contributed by atoms with E-state index in [1.807, 2.05) is 0 Å². The quantitative estimate of drug-likeness (QED) is 0.693. The van der Waals surface area contributed by atoms with Gasteiger partial charge >= 0.3 is 5.97 Å². The first-order valence-electron chi connectivity index (χ1n) is 4.09. The molecule has 0 atom stereocenters. The molecule has 0 saturated heterocycles. The van der Waals surface area contributed by atoms with Crippen molar-refractivity contribution in [1.82, 2.24) is 4.98 Å². The molecule has 1 aliphatic carbocycles. The van der Waals surface area contributed by atoms with Gasteiger partial charge in [0.25, 0.3) is 0 Å². The van der Waals surface area contributed by atoms with Crippen molar-refractivity contribution in [3.8, 4) is 5.88 Å². The maximum atomic E-state index is 11.2. The van der Waals surface area contributed by atoms with Crippen LogP contribution in [-0.2, 0) is 4.79 Å². The predicted octanol–water partition coefficient (Wildman–Crippen LogP) is 2.10. The zero-order chi connectivity index (χ0) is 9.26. The van der Waals surface area contributed by atoms with Gasteiger partial charge in [0, 0.05) is 0 Å². The number of rotatable bonds is 3. The van der Waals surface area contributed by atoms with E-state index >= 15 is 0 Å². The molecule has 0 bridgehead atoms. The molecule has 0 amide bonds. The Labute approximate surface area is 80.1 Å². The van der Waals surface area contributed by atoms with Crippen molar-refractivity contribution in [1.29, 1.82) is 0 Å². The van der Waals surface area contributed by atoms with E-state index in [4.69, 9.17) is 4.74 Å². The van der Waals surface area contributed by atoms with Gasteiger partial charge in [-0.1, -0.05) is 6.58 Å². The summed E-state index contributed by atoms with van der Waals surface area (Å²) in [6.45, 7) is 3.58. The molecule has 1 heterocycles. The Morgan fingerprint density at radius 1 is 1.77 bits per heavy atom. The number of carbonyl (C=O) groups excluding carboxylic acids is 1. The Hall–Kier alpha value is -1.16. The third-order valence-corrected chi connectivity index (χ3v) is 2.61. The van der Waals surface area contributed by atoms with Gasteiger partial charge in [-0.2, -0.15) is 0 Å². The molecule has 13 heavy (non-hydrogen) atoms. The highest BCUT2D eigenvalue weighted by atomic mass is 32.1. The van der Waals surface area contributed by atoms with Gasteiger partial charge in [-0.25, -0.2) is 4.98 Å². The Balaban J connectivity index is 2.00. The second-order valence-electron chi connectivity index (χ2n) is 2.92. The van der Waals surface area contributed by atoms with Gasteiger partial charge in [-0.05, 0) is 18.9 Å². The van der Waals surface area contributed by atoms with Crippen molar-refractivity contribution in [2.24, 2.45) is 5.92 Å². The Kier molecular flexibility index (Phi) is 2.14. The summed E-state index contributed by atoms with van der Waals surface area (Å²) in [6.07, 6.45) is 3.55. The third-order valence-electron chi connectivity index (χ3n) is 1.79. The monoisotopic (exact) mass is 195 g/mol. The van der Waals surface area contributed by atoms with Crippen molar-refractivity contribution in [2.75, 3.05) is 0 Å². The number of aromatic nitrogens is 1. The van der Waals surface area contributed by atoms with Crippen LogP contribution in [0.2, 0.25) is 0 Å². The van der Waals surface area contributed by atoms with E-state index in [1.165, 1.54) is 11.3 Å². The highest BCUT2D eigenvalue weighted by Gasteiger charge is 2.31. The van der Waals surface area contributed by atoms with Gasteiger partial charge in [-0.15, -0.1) is 11.3 Å².